The normalized spacial score (nSPS) is 12.5. The first-order valence-electron chi connectivity index (χ1n) is 4.03. The minimum atomic E-state index is -0.960. The zero-order chi connectivity index (χ0) is 11.6. The van der Waals surface area contributed by atoms with Crippen molar-refractivity contribution >= 4 is 73.7 Å². The number of hydrogen-bond acceptors (Lipinski definition) is 2. The molecular weight excluding hydrogens is 535 g/mol. The third-order valence-electron chi connectivity index (χ3n) is 1.82. The van der Waals surface area contributed by atoms with E-state index in [0.717, 1.165) is 12.7 Å². The monoisotopic (exact) mass is 543 g/mol. The summed E-state index contributed by atoms with van der Waals surface area (Å²) >= 11 is 6.75. The topological polar surface area (TPSA) is 63.3 Å². The highest BCUT2D eigenvalue weighted by Crippen LogP contribution is 2.23. The van der Waals surface area contributed by atoms with Gasteiger partial charge in [0, 0.05) is 10.7 Å². The molecule has 15 heavy (non-hydrogen) atoms. The summed E-state index contributed by atoms with van der Waals surface area (Å²) in [6.07, 6.45) is 0.373. The lowest BCUT2D eigenvalue weighted by molar-refractivity contribution is -0.138. The molecule has 0 fully saturated rings. The second-order valence-electron chi connectivity index (χ2n) is 3.02. The third kappa shape index (κ3) is 3.97. The maximum absolute atomic E-state index is 10.6. The maximum Gasteiger partial charge on any atom is 0.320 e. The van der Waals surface area contributed by atoms with Crippen molar-refractivity contribution in [3.05, 3.63) is 28.4 Å². The standard InChI is InChI=1S/C9H8I3NO2/c10-5-1-4(2-6(11)8(5)12)3-7(13)9(14)15/h1-2,7H,3,13H2,(H,14,15)/t7-/m0/s1. The molecule has 1 aromatic rings. The molecule has 0 spiro atoms. The van der Waals surface area contributed by atoms with Crippen LogP contribution in [0.3, 0.4) is 0 Å². The molecule has 0 aromatic heterocycles. The first kappa shape index (κ1) is 13.9. The molecule has 0 heterocycles. The van der Waals surface area contributed by atoms with Crippen LogP contribution in [-0.2, 0) is 11.2 Å². The molecular formula is C9H8I3NO2. The molecule has 3 nitrogen and oxygen atoms in total. The van der Waals surface area contributed by atoms with E-state index in [-0.39, 0.29) is 0 Å². The van der Waals surface area contributed by atoms with Crippen LogP contribution in [-0.4, -0.2) is 17.1 Å². The summed E-state index contributed by atoms with van der Waals surface area (Å²) < 4.78 is 3.46. The van der Waals surface area contributed by atoms with Crippen LogP contribution in [0.2, 0.25) is 0 Å². The maximum atomic E-state index is 10.6. The molecule has 0 amide bonds. The molecule has 0 bridgehead atoms. The van der Waals surface area contributed by atoms with Crippen LogP contribution >= 0.6 is 67.8 Å². The van der Waals surface area contributed by atoms with E-state index in [1.807, 2.05) is 12.1 Å². The highest BCUT2D eigenvalue weighted by Gasteiger charge is 2.13. The summed E-state index contributed by atoms with van der Waals surface area (Å²) in [4.78, 5) is 10.6. The van der Waals surface area contributed by atoms with Gasteiger partial charge in [0.15, 0.2) is 0 Å². The number of aliphatic carboxylic acids is 1. The summed E-state index contributed by atoms with van der Waals surface area (Å²) in [5.74, 6) is -0.960. The molecule has 0 aliphatic rings. The number of carboxylic acid groups (broad SMARTS) is 1. The van der Waals surface area contributed by atoms with Gasteiger partial charge in [0.2, 0.25) is 0 Å². The summed E-state index contributed by atoms with van der Waals surface area (Å²) in [6.45, 7) is 0. The van der Waals surface area contributed by atoms with Gasteiger partial charge in [0.05, 0.1) is 0 Å². The Kier molecular flexibility index (Phi) is 5.52. The zero-order valence-corrected chi connectivity index (χ0v) is 14.0. The van der Waals surface area contributed by atoms with Crippen molar-refractivity contribution in [3.63, 3.8) is 0 Å². The van der Waals surface area contributed by atoms with E-state index in [1.165, 1.54) is 3.57 Å². The van der Waals surface area contributed by atoms with E-state index in [9.17, 15) is 4.79 Å². The Bertz CT molecular complexity index is 372. The predicted octanol–water partition coefficient (Wildman–Crippen LogP) is 2.45. The molecule has 1 aromatic carbocycles. The fraction of sp³-hybridized carbons (Fsp3) is 0.222. The van der Waals surface area contributed by atoms with Crippen molar-refractivity contribution in [2.24, 2.45) is 5.73 Å². The summed E-state index contributed by atoms with van der Waals surface area (Å²) in [7, 11) is 0. The van der Waals surface area contributed by atoms with Crippen LogP contribution in [0.1, 0.15) is 5.56 Å². The molecule has 6 heteroatoms. The molecule has 3 N–H and O–H groups in total. The third-order valence-corrected chi connectivity index (χ3v) is 6.74. The van der Waals surface area contributed by atoms with Crippen molar-refractivity contribution < 1.29 is 9.90 Å². The van der Waals surface area contributed by atoms with Gasteiger partial charge in [0.1, 0.15) is 6.04 Å². The molecule has 0 unspecified atom stereocenters. The van der Waals surface area contributed by atoms with Gasteiger partial charge in [-0.2, -0.15) is 0 Å². The molecule has 0 aliphatic carbocycles. The van der Waals surface area contributed by atoms with Crippen LogP contribution in [0, 0.1) is 10.7 Å². The second kappa shape index (κ2) is 5.96. The van der Waals surface area contributed by atoms with Gasteiger partial charge in [-0.15, -0.1) is 0 Å². The van der Waals surface area contributed by atoms with Crippen LogP contribution in [0.15, 0.2) is 12.1 Å². The Morgan fingerprint density at radius 1 is 1.33 bits per heavy atom. The van der Waals surface area contributed by atoms with Crippen LogP contribution in [0.4, 0.5) is 0 Å². The van der Waals surface area contributed by atoms with Crippen molar-refractivity contribution in [1.29, 1.82) is 0 Å². The minimum Gasteiger partial charge on any atom is -0.480 e. The Hall–Kier alpha value is 0.840. The van der Waals surface area contributed by atoms with Crippen molar-refractivity contribution in [2.75, 3.05) is 0 Å². The van der Waals surface area contributed by atoms with E-state index in [4.69, 9.17) is 10.8 Å². The van der Waals surface area contributed by atoms with Crippen LogP contribution in [0.5, 0.6) is 0 Å². The van der Waals surface area contributed by atoms with Gasteiger partial charge < -0.3 is 10.8 Å². The first-order valence-corrected chi connectivity index (χ1v) is 7.27. The molecule has 0 saturated carbocycles. The molecule has 0 aliphatic heterocycles. The quantitative estimate of drug-likeness (QED) is 0.456. The first-order chi connectivity index (χ1) is 6.91. The summed E-state index contributed by atoms with van der Waals surface area (Å²) in [6, 6.07) is 3.14. The van der Waals surface area contributed by atoms with Crippen molar-refractivity contribution in [1.82, 2.24) is 0 Å². The SMILES string of the molecule is N[C@@H](Cc1cc(I)c(I)c(I)c1)C(=O)O. The number of nitrogens with two attached hydrogens (primary N) is 1. The van der Waals surface area contributed by atoms with Gasteiger partial charge in [-0.05, 0) is 91.9 Å². The van der Waals surface area contributed by atoms with Crippen molar-refractivity contribution in [2.45, 2.75) is 12.5 Å². The van der Waals surface area contributed by atoms with Crippen molar-refractivity contribution in [3.8, 4) is 0 Å². The lowest BCUT2D eigenvalue weighted by Crippen LogP contribution is -2.32. The minimum absolute atomic E-state index is 0.373. The summed E-state index contributed by atoms with van der Waals surface area (Å²) in [5.41, 5.74) is 6.45. The lowest BCUT2D eigenvalue weighted by Gasteiger charge is -2.09. The average molecular weight is 543 g/mol. The molecule has 82 valence electrons. The van der Waals surface area contributed by atoms with Crippen LogP contribution < -0.4 is 5.73 Å². The van der Waals surface area contributed by atoms with E-state index in [1.54, 1.807) is 0 Å². The van der Waals surface area contributed by atoms with E-state index >= 15 is 0 Å². The molecule has 0 saturated heterocycles. The average Bonchev–Trinajstić information content (AvgIpc) is 2.13. The fourth-order valence-corrected chi connectivity index (χ4v) is 3.28. The van der Waals surface area contributed by atoms with E-state index < -0.39 is 12.0 Å². The zero-order valence-electron chi connectivity index (χ0n) is 7.51. The largest absolute Gasteiger partial charge is 0.480 e. The van der Waals surface area contributed by atoms with Gasteiger partial charge in [-0.1, -0.05) is 0 Å². The Balaban J connectivity index is 2.92. The van der Waals surface area contributed by atoms with Gasteiger partial charge in [-0.3, -0.25) is 4.79 Å². The Morgan fingerprint density at radius 3 is 2.20 bits per heavy atom. The van der Waals surface area contributed by atoms with Gasteiger partial charge in [0.25, 0.3) is 0 Å². The number of carboxylic acids is 1. The second-order valence-corrected chi connectivity index (χ2v) is 6.43. The number of carbonyl (C=O) groups is 1. The molecule has 1 rings (SSSR count). The van der Waals surface area contributed by atoms with Gasteiger partial charge in [-0.25, -0.2) is 0 Å². The van der Waals surface area contributed by atoms with Crippen LogP contribution in [0.25, 0.3) is 0 Å². The number of rotatable bonds is 3. The predicted molar refractivity (Wildman–Crippen MR) is 83.9 cm³/mol. The van der Waals surface area contributed by atoms with E-state index in [2.05, 4.69) is 67.8 Å². The highest BCUT2D eigenvalue weighted by molar-refractivity contribution is 14.1. The lowest BCUT2D eigenvalue weighted by atomic mass is 10.1. The smallest absolute Gasteiger partial charge is 0.320 e. The van der Waals surface area contributed by atoms with E-state index in [0.29, 0.717) is 6.42 Å². The molecule has 0 radical (unpaired) electrons. The Labute approximate surface area is 129 Å². The number of benzene rings is 1. The highest BCUT2D eigenvalue weighted by atomic mass is 127. The molecule has 1 atom stereocenters. The fourth-order valence-electron chi connectivity index (χ4n) is 1.07. The number of hydrogen-bond donors (Lipinski definition) is 2. The van der Waals surface area contributed by atoms with Gasteiger partial charge >= 0.3 is 5.97 Å². The Morgan fingerprint density at radius 2 is 1.80 bits per heavy atom. The summed E-state index contributed by atoms with van der Waals surface area (Å²) in [5, 5.41) is 8.71. The number of halogens is 3.